The minimum absolute atomic E-state index is 0. The molecule has 0 aliphatic rings. The van der Waals surface area contributed by atoms with E-state index in [1.54, 1.807) is 10.7 Å². The Morgan fingerprint density at radius 3 is 1.05 bits per heavy atom. The van der Waals surface area contributed by atoms with Gasteiger partial charge >= 0.3 is 131 Å². The Bertz CT molecular complexity index is 584. The van der Waals surface area contributed by atoms with Crippen molar-refractivity contribution < 1.29 is 0 Å². The van der Waals surface area contributed by atoms with Crippen LogP contribution >= 0.6 is 12.4 Å². The first-order valence-electron chi connectivity index (χ1n) is 7.54. The van der Waals surface area contributed by atoms with Gasteiger partial charge in [-0.25, -0.2) is 0 Å². The molecule has 0 bridgehead atoms. The Morgan fingerprint density at radius 2 is 0.818 bits per heavy atom. The van der Waals surface area contributed by atoms with E-state index in [0.29, 0.717) is 0 Å². The topological polar surface area (TPSA) is 0 Å². The standard InChI is InChI=1S/3C6H5.C2H5.ClH.Sn/c3*1-2-4-6-5-3-1;1-2;;/h3*1-5H;1H2,2H3;1H;. The van der Waals surface area contributed by atoms with E-state index in [1.165, 1.54) is 4.44 Å². The Hall–Kier alpha value is -1.25. The number of hydrogen-bond donors (Lipinski definition) is 0. The summed E-state index contributed by atoms with van der Waals surface area (Å²) in [4.78, 5) is 0. The summed E-state index contributed by atoms with van der Waals surface area (Å²) in [5.41, 5.74) is 0. The normalized spacial score (nSPS) is 10.8. The molecule has 22 heavy (non-hydrogen) atoms. The molecule has 0 aromatic heterocycles. The zero-order valence-electron chi connectivity index (χ0n) is 12.8. The van der Waals surface area contributed by atoms with E-state index in [9.17, 15) is 0 Å². The predicted molar refractivity (Wildman–Crippen MR) is 102 cm³/mol. The molecule has 0 unspecified atom stereocenters. The third-order valence-corrected chi connectivity index (χ3v) is 18.7. The van der Waals surface area contributed by atoms with Gasteiger partial charge in [0.15, 0.2) is 0 Å². The monoisotopic (exact) mass is 416 g/mol. The smallest absolute Gasteiger partial charge is 0.147 e. The Balaban J connectivity index is 0.00000176. The summed E-state index contributed by atoms with van der Waals surface area (Å²) in [6.07, 6.45) is 0. The van der Waals surface area contributed by atoms with E-state index in [0.717, 1.165) is 0 Å². The third kappa shape index (κ3) is 3.09. The van der Waals surface area contributed by atoms with Crippen molar-refractivity contribution in [1.29, 1.82) is 0 Å². The molecule has 0 nitrogen and oxygen atoms in total. The summed E-state index contributed by atoms with van der Waals surface area (Å²) in [5.74, 6) is 0. The molecule has 0 aliphatic heterocycles. The zero-order chi connectivity index (χ0) is 14.5. The predicted octanol–water partition coefficient (Wildman–Crippen LogP) is 3.60. The quantitative estimate of drug-likeness (QED) is 0.571. The van der Waals surface area contributed by atoms with Crippen LogP contribution in [0.3, 0.4) is 0 Å². The SMILES string of the molecule is C[CH2][Sn]([c]1ccccc1)([c]1ccccc1)[c]1ccccc1.Cl. The Morgan fingerprint density at radius 1 is 0.545 bits per heavy atom. The van der Waals surface area contributed by atoms with Crippen LogP contribution in [0, 0.1) is 0 Å². The Labute approximate surface area is 143 Å². The molecule has 0 amide bonds. The molecular formula is C20H21ClSn. The second-order valence-corrected chi connectivity index (χ2v) is 17.5. The van der Waals surface area contributed by atoms with Gasteiger partial charge in [-0.3, -0.25) is 0 Å². The van der Waals surface area contributed by atoms with Crippen LogP contribution < -0.4 is 10.7 Å². The second-order valence-electron chi connectivity index (χ2n) is 5.36. The molecule has 0 radical (unpaired) electrons. The van der Waals surface area contributed by atoms with Crippen molar-refractivity contribution in [3.8, 4) is 0 Å². The minimum Gasteiger partial charge on any atom is -0.147 e. The first-order valence-corrected chi connectivity index (χ1v) is 13.8. The van der Waals surface area contributed by atoms with Gasteiger partial charge in [-0.1, -0.05) is 0 Å². The van der Waals surface area contributed by atoms with Gasteiger partial charge in [0.2, 0.25) is 0 Å². The van der Waals surface area contributed by atoms with Gasteiger partial charge in [0.1, 0.15) is 0 Å². The summed E-state index contributed by atoms with van der Waals surface area (Å²) in [6, 6.07) is 33.4. The largest absolute Gasteiger partial charge is 0.147 e. The van der Waals surface area contributed by atoms with Gasteiger partial charge in [0.05, 0.1) is 0 Å². The molecule has 0 aliphatic carbocycles. The molecule has 0 atom stereocenters. The van der Waals surface area contributed by atoms with Crippen LogP contribution in [0.25, 0.3) is 0 Å². The summed E-state index contributed by atoms with van der Waals surface area (Å²) < 4.78 is 5.93. The van der Waals surface area contributed by atoms with Crippen LogP contribution in [0.15, 0.2) is 91.0 Å². The third-order valence-electron chi connectivity index (χ3n) is 4.33. The van der Waals surface area contributed by atoms with Crippen molar-refractivity contribution in [2.45, 2.75) is 11.4 Å². The summed E-state index contributed by atoms with van der Waals surface area (Å²) in [5, 5.41) is 0. The van der Waals surface area contributed by atoms with Gasteiger partial charge < -0.3 is 0 Å². The van der Waals surface area contributed by atoms with E-state index < -0.39 is 18.4 Å². The van der Waals surface area contributed by atoms with Gasteiger partial charge in [-0.2, -0.15) is 0 Å². The first kappa shape index (κ1) is 17.1. The van der Waals surface area contributed by atoms with E-state index in [2.05, 4.69) is 97.9 Å². The zero-order valence-corrected chi connectivity index (χ0v) is 16.4. The van der Waals surface area contributed by atoms with Crippen LogP contribution in [0.5, 0.6) is 0 Å². The van der Waals surface area contributed by atoms with Crippen molar-refractivity contribution in [2.75, 3.05) is 0 Å². The van der Waals surface area contributed by atoms with Crippen LogP contribution in [-0.2, 0) is 0 Å². The maximum atomic E-state index is 2.36. The van der Waals surface area contributed by atoms with Gasteiger partial charge in [0, 0.05) is 0 Å². The molecule has 0 saturated heterocycles. The molecule has 0 spiro atoms. The molecule has 112 valence electrons. The van der Waals surface area contributed by atoms with Crippen molar-refractivity contribution in [3.05, 3.63) is 91.0 Å². The Kier molecular flexibility index (Phi) is 6.10. The van der Waals surface area contributed by atoms with Crippen molar-refractivity contribution >= 4 is 41.5 Å². The second kappa shape index (κ2) is 7.84. The minimum atomic E-state index is -2.83. The van der Waals surface area contributed by atoms with Crippen molar-refractivity contribution in [1.82, 2.24) is 0 Å². The molecule has 3 rings (SSSR count). The number of halogens is 1. The van der Waals surface area contributed by atoms with Crippen molar-refractivity contribution in [2.24, 2.45) is 0 Å². The van der Waals surface area contributed by atoms with E-state index in [1.807, 2.05) is 0 Å². The molecule has 2 heteroatoms. The van der Waals surface area contributed by atoms with Gasteiger partial charge in [-0.15, -0.1) is 12.4 Å². The van der Waals surface area contributed by atoms with E-state index >= 15 is 0 Å². The average Bonchev–Trinajstić information content (AvgIpc) is 2.59. The molecule has 0 N–H and O–H groups in total. The molecule has 3 aromatic rings. The molecular weight excluding hydrogens is 394 g/mol. The fourth-order valence-electron chi connectivity index (χ4n) is 3.28. The molecule has 3 aromatic carbocycles. The molecule has 0 saturated carbocycles. The van der Waals surface area contributed by atoms with Gasteiger partial charge in [-0.05, 0) is 0 Å². The van der Waals surface area contributed by atoms with Crippen molar-refractivity contribution in [3.63, 3.8) is 0 Å². The van der Waals surface area contributed by atoms with Crippen LogP contribution in [0.4, 0.5) is 0 Å². The maximum Gasteiger partial charge on any atom is -0.147 e. The van der Waals surface area contributed by atoms with Gasteiger partial charge in [0.25, 0.3) is 0 Å². The van der Waals surface area contributed by atoms with E-state index in [4.69, 9.17) is 0 Å². The number of rotatable bonds is 4. The summed E-state index contributed by atoms with van der Waals surface area (Å²) in [7, 11) is 0. The first-order chi connectivity index (χ1) is 10.4. The average molecular weight is 416 g/mol. The maximum absolute atomic E-state index is 2.83. The van der Waals surface area contributed by atoms with Crippen LogP contribution in [0.1, 0.15) is 6.92 Å². The van der Waals surface area contributed by atoms with Crippen LogP contribution in [-0.4, -0.2) is 18.4 Å². The number of hydrogen-bond acceptors (Lipinski definition) is 0. The fourth-order valence-corrected chi connectivity index (χ4v) is 16.2. The molecule has 0 heterocycles. The van der Waals surface area contributed by atoms with E-state index in [-0.39, 0.29) is 12.4 Å². The number of benzene rings is 3. The van der Waals surface area contributed by atoms with Crippen LogP contribution in [0.2, 0.25) is 4.44 Å². The summed E-state index contributed by atoms with van der Waals surface area (Å²) in [6.45, 7) is 2.36. The summed E-state index contributed by atoms with van der Waals surface area (Å²) >= 11 is -2.83. The molecule has 0 fully saturated rings. The fraction of sp³-hybridized carbons (Fsp3) is 0.100.